The Balaban J connectivity index is 4.67. The molecule has 19 heavy (non-hydrogen) atoms. The fraction of sp³-hybridized carbons (Fsp3) is 0.867. The molecule has 0 aromatic carbocycles. The Kier molecular flexibility index (Phi) is 6.04. The predicted octanol–water partition coefficient (Wildman–Crippen LogP) is 3.54. The van der Waals surface area contributed by atoms with Crippen LogP contribution in [0.3, 0.4) is 0 Å². The number of hydrogen-bond acceptors (Lipinski definition) is 3. The molecular formula is C15H29NO3. The maximum atomic E-state index is 12.2. The zero-order valence-corrected chi connectivity index (χ0v) is 13.6. The Labute approximate surface area is 117 Å². The van der Waals surface area contributed by atoms with Gasteiger partial charge in [0.25, 0.3) is 0 Å². The van der Waals surface area contributed by atoms with Crippen LogP contribution in [-0.2, 0) is 9.53 Å². The van der Waals surface area contributed by atoms with Crippen LogP contribution < -0.4 is 5.32 Å². The fourth-order valence-corrected chi connectivity index (χ4v) is 1.69. The Morgan fingerprint density at radius 2 is 1.53 bits per heavy atom. The number of Topliss-reactive ketones (excluding diaryl/α,β-unsaturated/α-hetero) is 1. The first kappa shape index (κ1) is 17.9. The van der Waals surface area contributed by atoms with E-state index in [1.54, 1.807) is 20.8 Å². The standard InChI is InChI=1S/C15H29NO3/c1-10(2)12(11(17)9-14(3,4)5)16-13(18)19-15(6,7)8/h10,12H,9H2,1-8H3,(H,16,18)/t12-/m0/s1. The molecule has 0 aromatic heterocycles. The van der Waals surface area contributed by atoms with Crippen LogP contribution in [0.2, 0.25) is 0 Å². The third kappa shape index (κ3) is 8.62. The number of nitrogens with one attached hydrogen (secondary N) is 1. The highest BCUT2D eigenvalue weighted by Gasteiger charge is 2.29. The van der Waals surface area contributed by atoms with E-state index >= 15 is 0 Å². The van der Waals surface area contributed by atoms with E-state index in [0.717, 1.165) is 0 Å². The number of hydrogen-bond donors (Lipinski definition) is 1. The SMILES string of the molecule is CC(C)[C@H](NC(=O)OC(C)(C)C)C(=O)CC(C)(C)C. The highest BCUT2D eigenvalue weighted by atomic mass is 16.6. The molecule has 112 valence electrons. The van der Waals surface area contributed by atoms with Gasteiger partial charge in [-0.1, -0.05) is 34.6 Å². The minimum Gasteiger partial charge on any atom is -0.444 e. The van der Waals surface area contributed by atoms with Gasteiger partial charge < -0.3 is 10.1 Å². The summed E-state index contributed by atoms with van der Waals surface area (Å²) >= 11 is 0. The molecule has 0 saturated carbocycles. The summed E-state index contributed by atoms with van der Waals surface area (Å²) in [5, 5.41) is 2.68. The first-order valence-corrected chi connectivity index (χ1v) is 6.84. The lowest BCUT2D eigenvalue weighted by Crippen LogP contribution is -2.47. The summed E-state index contributed by atoms with van der Waals surface area (Å²) in [6, 6.07) is -0.492. The molecule has 0 aliphatic heterocycles. The van der Waals surface area contributed by atoms with Crippen molar-refractivity contribution in [3.05, 3.63) is 0 Å². The van der Waals surface area contributed by atoms with E-state index in [2.05, 4.69) is 5.32 Å². The number of amides is 1. The monoisotopic (exact) mass is 271 g/mol. The molecule has 0 aliphatic carbocycles. The zero-order valence-electron chi connectivity index (χ0n) is 13.6. The van der Waals surface area contributed by atoms with Gasteiger partial charge in [-0.05, 0) is 32.1 Å². The summed E-state index contributed by atoms with van der Waals surface area (Å²) in [7, 11) is 0. The number of alkyl carbamates (subject to hydrolysis) is 1. The Morgan fingerprint density at radius 3 is 1.84 bits per heavy atom. The molecule has 0 aromatic rings. The van der Waals surface area contributed by atoms with Gasteiger partial charge >= 0.3 is 6.09 Å². The van der Waals surface area contributed by atoms with Crippen molar-refractivity contribution in [2.75, 3.05) is 0 Å². The van der Waals surface area contributed by atoms with Crippen LogP contribution in [0.4, 0.5) is 4.79 Å². The van der Waals surface area contributed by atoms with Crippen LogP contribution in [-0.4, -0.2) is 23.5 Å². The van der Waals surface area contributed by atoms with E-state index in [1.807, 2.05) is 34.6 Å². The maximum Gasteiger partial charge on any atom is 0.408 e. The topological polar surface area (TPSA) is 55.4 Å². The van der Waals surface area contributed by atoms with Crippen molar-refractivity contribution in [3.8, 4) is 0 Å². The largest absolute Gasteiger partial charge is 0.444 e. The molecule has 0 heterocycles. The lowest BCUT2D eigenvalue weighted by Gasteiger charge is -2.27. The highest BCUT2D eigenvalue weighted by molar-refractivity contribution is 5.88. The zero-order chi connectivity index (χ0) is 15.4. The molecule has 1 atom stereocenters. The molecule has 1 amide bonds. The summed E-state index contributed by atoms with van der Waals surface area (Å²) in [5.41, 5.74) is -0.640. The van der Waals surface area contributed by atoms with Crippen LogP contribution in [0.5, 0.6) is 0 Å². The third-order valence-electron chi connectivity index (χ3n) is 2.39. The van der Waals surface area contributed by atoms with Gasteiger partial charge in [0.05, 0.1) is 6.04 Å². The second kappa shape index (κ2) is 6.40. The summed E-state index contributed by atoms with van der Waals surface area (Å²) in [5.74, 6) is 0.0933. The van der Waals surface area contributed by atoms with Crippen molar-refractivity contribution in [1.29, 1.82) is 0 Å². The third-order valence-corrected chi connectivity index (χ3v) is 2.39. The van der Waals surface area contributed by atoms with Gasteiger partial charge in [-0.2, -0.15) is 0 Å². The first-order valence-electron chi connectivity index (χ1n) is 6.84. The summed E-state index contributed by atoms with van der Waals surface area (Å²) < 4.78 is 5.20. The molecule has 0 bridgehead atoms. The number of ketones is 1. The number of carbonyl (C=O) groups is 2. The molecule has 1 N–H and O–H groups in total. The molecule has 0 fully saturated rings. The van der Waals surface area contributed by atoms with Crippen molar-refractivity contribution < 1.29 is 14.3 Å². The van der Waals surface area contributed by atoms with Crippen molar-refractivity contribution in [3.63, 3.8) is 0 Å². The normalized spacial score (nSPS) is 14.2. The van der Waals surface area contributed by atoms with Gasteiger partial charge in [-0.25, -0.2) is 4.79 Å². The van der Waals surface area contributed by atoms with E-state index in [0.29, 0.717) is 6.42 Å². The van der Waals surface area contributed by atoms with Crippen LogP contribution in [0, 0.1) is 11.3 Å². The lowest BCUT2D eigenvalue weighted by atomic mass is 9.85. The Bertz CT molecular complexity index is 321. The summed E-state index contributed by atoms with van der Waals surface area (Å²) in [6.45, 7) is 15.3. The lowest BCUT2D eigenvalue weighted by molar-refractivity contribution is -0.123. The molecule has 4 nitrogen and oxygen atoms in total. The van der Waals surface area contributed by atoms with Gasteiger partial charge in [-0.3, -0.25) is 4.79 Å². The second-order valence-electron chi connectivity index (χ2n) is 7.57. The van der Waals surface area contributed by atoms with Crippen LogP contribution >= 0.6 is 0 Å². The average molecular weight is 271 g/mol. The van der Waals surface area contributed by atoms with Gasteiger partial charge in [0.2, 0.25) is 0 Å². The molecular weight excluding hydrogens is 242 g/mol. The van der Waals surface area contributed by atoms with E-state index in [4.69, 9.17) is 4.74 Å². The molecule has 0 aliphatic rings. The first-order chi connectivity index (χ1) is 8.32. The number of carbonyl (C=O) groups excluding carboxylic acids is 2. The summed E-state index contributed by atoms with van der Waals surface area (Å²) in [4.78, 5) is 24.0. The van der Waals surface area contributed by atoms with E-state index < -0.39 is 17.7 Å². The van der Waals surface area contributed by atoms with E-state index in [1.165, 1.54) is 0 Å². The highest BCUT2D eigenvalue weighted by Crippen LogP contribution is 2.21. The van der Waals surface area contributed by atoms with Gasteiger partial charge in [0.1, 0.15) is 5.60 Å². The van der Waals surface area contributed by atoms with E-state index in [9.17, 15) is 9.59 Å². The quantitative estimate of drug-likeness (QED) is 0.850. The van der Waals surface area contributed by atoms with Gasteiger partial charge in [0, 0.05) is 6.42 Å². The van der Waals surface area contributed by atoms with Crippen molar-refractivity contribution in [2.45, 2.75) is 73.5 Å². The van der Waals surface area contributed by atoms with Crippen LogP contribution in [0.1, 0.15) is 61.8 Å². The van der Waals surface area contributed by atoms with Gasteiger partial charge in [-0.15, -0.1) is 0 Å². The van der Waals surface area contributed by atoms with Crippen LogP contribution in [0.25, 0.3) is 0 Å². The van der Waals surface area contributed by atoms with Crippen LogP contribution in [0.15, 0.2) is 0 Å². The molecule has 4 heteroatoms. The summed E-state index contributed by atoms with van der Waals surface area (Å²) in [6.07, 6.45) is -0.0977. The molecule has 0 rings (SSSR count). The molecule has 0 radical (unpaired) electrons. The molecule has 0 spiro atoms. The second-order valence-corrected chi connectivity index (χ2v) is 7.57. The Morgan fingerprint density at radius 1 is 1.05 bits per heavy atom. The smallest absolute Gasteiger partial charge is 0.408 e. The number of ether oxygens (including phenoxy) is 1. The maximum absolute atomic E-state index is 12.2. The van der Waals surface area contributed by atoms with Crippen molar-refractivity contribution >= 4 is 11.9 Å². The van der Waals surface area contributed by atoms with Crippen molar-refractivity contribution in [1.82, 2.24) is 5.32 Å². The minimum atomic E-state index is -0.557. The fourth-order valence-electron chi connectivity index (χ4n) is 1.69. The van der Waals surface area contributed by atoms with E-state index in [-0.39, 0.29) is 17.1 Å². The van der Waals surface area contributed by atoms with Gasteiger partial charge in [0.15, 0.2) is 5.78 Å². The minimum absolute atomic E-state index is 0.0439. The predicted molar refractivity (Wildman–Crippen MR) is 77.1 cm³/mol. The average Bonchev–Trinajstić information content (AvgIpc) is 2.07. The number of rotatable bonds is 4. The van der Waals surface area contributed by atoms with Crippen molar-refractivity contribution in [2.24, 2.45) is 11.3 Å². The molecule has 0 saturated heterocycles. The molecule has 0 unspecified atom stereocenters. The Hall–Kier alpha value is -1.06.